The first-order valence-electron chi connectivity index (χ1n) is 2.29. The second kappa shape index (κ2) is 3.25. The number of hydrogen-bond acceptors (Lipinski definition) is 3. The predicted octanol–water partition coefficient (Wildman–Crippen LogP) is 0.856. The summed E-state index contributed by atoms with van der Waals surface area (Å²) in [5, 5.41) is 0. The molecule has 50 valence electrons. The lowest BCUT2D eigenvalue weighted by Gasteiger charge is -2.12. The summed E-state index contributed by atoms with van der Waals surface area (Å²) >= 11 is 0. The van der Waals surface area contributed by atoms with E-state index < -0.39 is 7.57 Å². The Hall–Kier alpha value is 0.180. The summed E-state index contributed by atoms with van der Waals surface area (Å²) in [6, 6.07) is 0. The maximum atomic E-state index is 8.88. The van der Waals surface area contributed by atoms with Crippen LogP contribution < -0.4 is 0 Å². The Bertz CT molecular complexity index is 101. The van der Waals surface area contributed by atoms with E-state index in [4.69, 9.17) is 9.42 Å². The van der Waals surface area contributed by atoms with Crippen molar-refractivity contribution in [1.82, 2.24) is 0 Å². The van der Waals surface area contributed by atoms with Gasteiger partial charge in [0.1, 0.15) is 0 Å². The Morgan fingerprint density at radius 1 is 1.75 bits per heavy atom. The highest BCUT2D eigenvalue weighted by atomic mass is 31.2. The van der Waals surface area contributed by atoms with Gasteiger partial charge in [0.05, 0.1) is 6.61 Å². The van der Waals surface area contributed by atoms with Gasteiger partial charge in [-0.05, 0) is 13.2 Å². The highest BCUT2D eigenvalue weighted by molar-refractivity contribution is 7.58. The molecule has 0 aliphatic rings. The van der Waals surface area contributed by atoms with Crippen molar-refractivity contribution in [2.75, 3.05) is 13.7 Å². The molecule has 0 amide bonds. The van der Waals surface area contributed by atoms with Crippen LogP contribution in [0, 0.1) is 0 Å². The van der Waals surface area contributed by atoms with E-state index in [1.807, 2.05) is 0 Å². The van der Waals surface area contributed by atoms with Crippen molar-refractivity contribution in [3.63, 3.8) is 0 Å². The Morgan fingerprint density at radius 3 is 2.38 bits per heavy atom. The van der Waals surface area contributed by atoms with Crippen LogP contribution >= 0.6 is 7.57 Å². The highest BCUT2D eigenvalue weighted by Crippen LogP contribution is 2.40. The van der Waals surface area contributed by atoms with Gasteiger partial charge in [-0.15, -0.1) is 0 Å². The topological polar surface area (TPSA) is 38.7 Å². The van der Waals surface area contributed by atoms with Gasteiger partial charge >= 0.3 is 0 Å². The molecule has 0 spiro atoms. The third-order valence-corrected chi connectivity index (χ3v) is 1.85. The van der Waals surface area contributed by atoms with Crippen LogP contribution in [0.3, 0.4) is 0 Å². The number of hydrogen-bond donors (Lipinski definition) is 1. The summed E-state index contributed by atoms with van der Waals surface area (Å²) in [5.74, 6) is 0. The molecule has 0 aliphatic carbocycles. The van der Waals surface area contributed by atoms with Crippen molar-refractivity contribution < 1.29 is 13.9 Å². The molecule has 1 N–H and O–H groups in total. The standard InChI is InChI=1S/C4H11O3P/c1-4-7-8(3,5)6-2/h5H,3-4H2,1-2H3. The van der Waals surface area contributed by atoms with Gasteiger partial charge in [0.15, 0.2) is 0 Å². The quantitative estimate of drug-likeness (QED) is 0.587. The van der Waals surface area contributed by atoms with Crippen LogP contribution in [0.15, 0.2) is 0 Å². The highest BCUT2D eigenvalue weighted by Gasteiger charge is 2.04. The van der Waals surface area contributed by atoms with Crippen molar-refractivity contribution in [3.8, 4) is 0 Å². The van der Waals surface area contributed by atoms with E-state index in [1.165, 1.54) is 7.11 Å². The molecule has 0 aromatic carbocycles. The van der Waals surface area contributed by atoms with Gasteiger partial charge in [-0.1, -0.05) is 0 Å². The minimum Gasteiger partial charge on any atom is -0.333 e. The summed E-state index contributed by atoms with van der Waals surface area (Å²) in [5.41, 5.74) is 0. The second-order valence-electron chi connectivity index (χ2n) is 1.24. The third kappa shape index (κ3) is 3.22. The fourth-order valence-corrected chi connectivity index (χ4v) is 0.763. The van der Waals surface area contributed by atoms with Gasteiger partial charge in [0, 0.05) is 7.11 Å². The molecule has 1 atom stereocenters. The van der Waals surface area contributed by atoms with E-state index in [2.05, 4.69) is 10.8 Å². The number of rotatable bonds is 3. The summed E-state index contributed by atoms with van der Waals surface area (Å²) in [6.45, 7) is 2.21. The molecule has 0 rings (SSSR count). The van der Waals surface area contributed by atoms with E-state index in [0.717, 1.165) is 0 Å². The molecule has 0 radical (unpaired) electrons. The van der Waals surface area contributed by atoms with Gasteiger partial charge in [-0.3, -0.25) is 0 Å². The zero-order chi connectivity index (χ0) is 6.62. The van der Waals surface area contributed by atoms with Crippen molar-refractivity contribution in [3.05, 3.63) is 0 Å². The largest absolute Gasteiger partial charge is 0.333 e. The van der Waals surface area contributed by atoms with Gasteiger partial charge in [0.2, 0.25) is 7.57 Å². The van der Waals surface area contributed by atoms with Crippen LogP contribution in [0.2, 0.25) is 0 Å². The third-order valence-electron chi connectivity index (χ3n) is 0.616. The molecule has 0 bridgehead atoms. The minimum atomic E-state index is -2.67. The Morgan fingerprint density at radius 2 is 2.25 bits per heavy atom. The van der Waals surface area contributed by atoms with Crippen LogP contribution in [0.1, 0.15) is 6.92 Å². The molecule has 1 unspecified atom stereocenters. The monoisotopic (exact) mass is 138 g/mol. The van der Waals surface area contributed by atoms with E-state index in [-0.39, 0.29) is 0 Å². The molecular formula is C4H11O3P. The lowest BCUT2D eigenvalue weighted by atomic mass is 10.9. The average molecular weight is 138 g/mol. The van der Waals surface area contributed by atoms with Gasteiger partial charge in [0.25, 0.3) is 0 Å². The maximum absolute atomic E-state index is 8.88. The van der Waals surface area contributed by atoms with Gasteiger partial charge in [-0.2, -0.15) is 0 Å². The van der Waals surface area contributed by atoms with Crippen molar-refractivity contribution >= 4 is 13.9 Å². The molecule has 0 saturated heterocycles. The molecule has 8 heavy (non-hydrogen) atoms. The van der Waals surface area contributed by atoms with Crippen molar-refractivity contribution in [2.45, 2.75) is 6.92 Å². The molecule has 0 fully saturated rings. The second-order valence-corrected chi connectivity index (χ2v) is 3.14. The van der Waals surface area contributed by atoms with E-state index in [9.17, 15) is 0 Å². The molecule has 0 heterocycles. The zero-order valence-corrected chi connectivity index (χ0v) is 6.02. The molecule has 0 aromatic rings. The summed E-state index contributed by atoms with van der Waals surface area (Å²) in [4.78, 5) is 8.88. The molecule has 0 saturated carbocycles. The van der Waals surface area contributed by atoms with Crippen LogP contribution in [-0.2, 0) is 9.05 Å². The van der Waals surface area contributed by atoms with Gasteiger partial charge < -0.3 is 13.9 Å². The molecule has 0 aliphatic heterocycles. The first-order valence-corrected chi connectivity index (χ1v) is 4.05. The van der Waals surface area contributed by atoms with Crippen molar-refractivity contribution in [2.24, 2.45) is 0 Å². The smallest absolute Gasteiger partial charge is 0.247 e. The summed E-state index contributed by atoms with van der Waals surface area (Å²) in [7, 11) is -1.30. The average Bonchev–Trinajstić information content (AvgIpc) is 1.67. The fraction of sp³-hybridized carbons (Fsp3) is 0.750. The fourth-order valence-electron chi connectivity index (χ4n) is 0.254. The predicted molar refractivity (Wildman–Crippen MR) is 34.9 cm³/mol. The van der Waals surface area contributed by atoms with Crippen LogP contribution in [0.4, 0.5) is 0 Å². The Labute approximate surface area is 49.5 Å². The van der Waals surface area contributed by atoms with Crippen LogP contribution in [-0.4, -0.2) is 24.9 Å². The lowest BCUT2D eigenvalue weighted by Crippen LogP contribution is -1.89. The van der Waals surface area contributed by atoms with Crippen LogP contribution in [0.5, 0.6) is 0 Å². The first kappa shape index (κ1) is 8.18. The maximum Gasteiger partial charge on any atom is 0.247 e. The molecular weight excluding hydrogens is 127 g/mol. The summed E-state index contributed by atoms with van der Waals surface area (Å²) < 4.78 is 9.22. The molecule has 0 aromatic heterocycles. The zero-order valence-electron chi connectivity index (χ0n) is 5.13. The Kier molecular flexibility index (Phi) is 3.33. The minimum absolute atomic E-state index is 0.432. The molecule has 4 heteroatoms. The molecule has 3 nitrogen and oxygen atoms in total. The summed E-state index contributed by atoms with van der Waals surface area (Å²) in [6.07, 6.45) is 3.30. The SMILES string of the molecule is C=P(O)(OC)OCC. The lowest BCUT2D eigenvalue weighted by molar-refractivity contribution is 0.234. The first-order chi connectivity index (χ1) is 3.62. The normalized spacial score (nSPS) is 17.9. The van der Waals surface area contributed by atoms with Gasteiger partial charge in [-0.25, -0.2) is 0 Å². The Balaban J connectivity index is 3.55. The van der Waals surface area contributed by atoms with E-state index in [1.54, 1.807) is 6.92 Å². The van der Waals surface area contributed by atoms with Crippen molar-refractivity contribution in [1.29, 1.82) is 0 Å². The van der Waals surface area contributed by atoms with E-state index in [0.29, 0.717) is 6.61 Å². The van der Waals surface area contributed by atoms with E-state index >= 15 is 0 Å². The van der Waals surface area contributed by atoms with Crippen LogP contribution in [0.25, 0.3) is 0 Å².